The van der Waals surface area contributed by atoms with Crippen LogP contribution in [0.15, 0.2) is 54.1 Å². The van der Waals surface area contributed by atoms with Gasteiger partial charge in [0.2, 0.25) is 0 Å². The number of hydrogen-bond donors (Lipinski definition) is 0. The van der Waals surface area contributed by atoms with Crippen LogP contribution in [0.1, 0.15) is 5.01 Å². The van der Waals surface area contributed by atoms with Crippen molar-refractivity contribution in [3.05, 3.63) is 54.1 Å². The van der Waals surface area contributed by atoms with Gasteiger partial charge in [0.25, 0.3) is 0 Å². The van der Waals surface area contributed by atoms with Crippen molar-refractivity contribution >= 4 is 39.0 Å². The zero-order chi connectivity index (χ0) is 13.4. The zero-order valence-corrected chi connectivity index (χ0v) is 12.1. The second kappa shape index (κ2) is 4.88. The fraction of sp³-hybridized carbons (Fsp3) is 0.0714. The van der Waals surface area contributed by atoms with Crippen LogP contribution in [0.25, 0.3) is 15.9 Å². The average molecular weight is 298 g/mol. The lowest BCUT2D eigenvalue weighted by Gasteiger charge is -2.00. The van der Waals surface area contributed by atoms with E-state index in [1.165, 1.54) is 4.70 Å². The second-order valence-corrected chi connectivity index (χ2v) is 6.33. The van der Waals surface area contributed by atoms with Crippen molar-refractivity contribution in [3.8, 4) is 0 Å². The van der Waals surface area contributed by atoms with E-state index < -0.39 is 0 Å². The molecule has 1 aromatic carbocycles. The zero-order valence-electron chi connectivity index (χ0n) is 10.4. The molecular weight excluding hydrogens is 288 g/mol. The highest BCUT2D eigenvalue weighted by molar-refractivity contribution is 7.98. The molecule has 0 aliphatic heterocycles. The summed E-state index contributed by atoms with van der Waals surface area (Å²) in [5, 5.41) is 2.06. The van der Waals surface area contributed by atoms with Crippen molar-refractivity contribution in [3.63, 3.8) is 0 Å². The molecule has 3 aromatic heterocycles. The second-order valence-electron chi connectivity index (χ2n) is 4.25. The average Bonchev–Trinajstić information content (AvgIpc) is 3.11. The number of hydrogen-bond acceptors (Lipinski definition) is 5. The van der Waals surface area contributed by atoms with Gasteiger partial charge in [0, 0.05) is 24.8 Å². The van der Waals surface area contributed by atoms with Crippen molar-refractivity contribution < 1.29 is 0 Å². The number of thioether (sulfide) groups is 1. The number of thiazole rings is 1. The topological polar surface area (TPSA) is 43.1 Å². The highest BCUT2D eigenvalue weighted by Crippen LogP contribution is 2.28. The summed E-state index contributed by atoms with van der Waals surface area (Å²) in [7, 11) is 0. The van der Waals surface area contributed by atoms with E-state index in [1.54, 1.807) is 35.5 Å². The number of rotatable bonds is 3. The first-order valence-electron chi connectivity index (χ1n) is 6.15. The molecule has 0 unspecified atom stereocenters. The smallest absolute Gasteiger partial charge is 0.169 e. The minimum atomic E-state index is 0.818. The van der Waals surface area contributed by atoms with E-state index in [0.717, 1.165) is 27.0 Å². The molecule has 98 valence electrons. The van der Waals surface area contributed by atoms with Gasteiger partial charge in [-0.2, -0.15) is 0 Å². The van der Waals surface area contributed by atoms with Gasteiger partial charge in [-0.15, -0.1) is 11.3 Å². The van der Waals surface area contributed by atoms with Gasteiger partial charge in [-0.25, -0.2) is 15.0 Å². The quantitative estimate of drug-likeness (QED) is 0.542. The van der Waals surface area contributed by atoms with Crippen LogP contribution < -0.4 is 0 Å². The molecule has 0 bridgehead atoms. The lowest BCUT2D eigenvalue weighted by Crippen LogP contribution is -1.89. The molecule has 6 heteroatoms. The molecule has 4 rings (SSSR count). The Morgan fingerprint density at radius 1 is 1.10 bits per heavy atom. The van der Waals surface area contributed by atoms with E-state index >= 15 is 0 Å². The van der Waals surface area contributed by atoms with E-state index in [4.69, 9.17) is 0 Å². The molecule has 4 nitrogen and oxygen atoms in total. The van der Waals surface area contributed by atoms with E-state index in [9.17, 15) is 0 Å². The maximum Gasteiger partial charge on any atom is 0.169 e. The number of aromatic nitrogens is 4. The molecule has 0 amide bonds. The van der Waals surface area contributed by atoms with Crippen LogP contribution in [-0.2, 0) is 5.75 Å². The van der Waals surface area contributed by atoms with Gasteiger partial charge in [-0.3, -0.25) is 0 Å². The number of fused-ring (bicyclic) bond motifs is 2. The first-order valence-corrected chi connectivity index (χ1v) is 7.95. The molecule has 0 spiro atoms. The van der Waals surface area contributed by atoms with Gasteiger partial charge < -0.3 is 4.40 Å². The standard InChI is InChI=1S/C14H10N4S2/c1-2-4-11-10(3-1)17-12(20-11)9-19-14-13-15-5-7-18(13)8-6-16-14/h1-8H,9H2. The van der Waals surface area contributed by atoms with E-state index in [1.807, 2.05) is 35.0 Å². The van der Waals surface area contributed by atoms with Gasteiger partial charge in [0.15, 0.2) is 5.65 Å². The van der Waals surface area contributed by atoms with Gasteiger partial charge in [-0.1, -0.05) is 23.9 Å². The third-order valence-corrected chi connectivity index (χ3v) is 5.15. The van der Waals surface area contributed by atoms with Gasteiger partial charge in [0.1, 0.15) is 10.0 Å². The van der Waals surface area contributed by atoms with Crippen molar-refractivity contribution in [2.75, 3.05) is 0 Å². The largest absolute Gasteiger partial charge is 0.303 e. The molecule has 4 aromatic rings. The molecule has 0 saturated heterocycles. The molecule has 0 atom stereocenters. The lowest BCUT2D eigenvalue weighted by atomic mass is 10.3. The summed E-state index contributed by atoms with van der Waals surface area (Å²) < 4.78 is 3.21. The Morgan fingerprint density at radius 2 is 1.95 bits per heavy atom. The molecule has 3 heterocycles. The van der Waals surface area contributed by atoms with Gasteiger partial charge in [-0.05, 0) is 12.1 Å². The van der Waals surface area contributed by atoms with Crippen LogP contribution in [0.3, 0.4) is 0 Å². The molecule has 0 radical (unpaired) electrons. The van der Waals surface area contributed by atoms with Gasteiger partial charge >= 0.3 is 0 Å². The maximum absolute atomic E-state index is 4.64. The van der Waals surface area contributed by atoms with Crippen molar-refractivity contribution in [2.24, 2.45) is 0 Å². The summed E-state index contributed by atoms with van der Waals surface area (Å²) in [5.41, 5.74) is 1.97. The molecular formula is C14H10N4S2. The summed E-state index contributed by atoms with van der Waals surface area (Å²) in [5.74, 6) is 0.818. The fourth-order valence-electron chi connectivity index (χ4n) is 2.04. The lowest BCUT2D eigenvalue weighted by molar-refractivity contribution is 1.03. The third kappa shape index (κ3) is 2.07. The normalized spacial score (nSPS) is 11.4. The van der Waals surface area contributed by atoms with Crippen molar-refractivity contribution in [2.45, 2.75) is 10.8 Å². The van der Waals surface area contributed by atoms with Gasteiger partial charge in [0.05, 0.1) is 16.0 Å². The Balaban J connectivity index is 1.62. The fourth-order valence-corrected chi connectivity index (χ4v) is 3.97. The summed E-state index contributed by atoms with van der Waals surface area (Å²) in [6, 6.07) is 8.22. The highest BCUT2D eigenvalue weighted by atomic mass is 32.2. The summed E-state index contributed by atoms with van der Waals surface area (Å²) in [6.45, 7) is 0. The molecule has 20 heavy (non-hydrogen) atoms. The van der Waals surface area contributed by atoms with Crippen molar-refractivity contribution in [1.29, 1.82) is 0 Å². The molecule has 0 fully saturated rings. The molecule has 0 saturated carbocycles. The Labute approximate surface area is 123 Å². The first-order chi connectivity index (χ1) is 9.90. The van der Waals surface area contributed by atoms with E-state index in [2.05, 4.69) is 21.0 Å². The van der Waals surface area contributed by atoms with Crippen molar-refractivity contribution in [1.82, 2.24) is 19.4 Å². The Morgan fingerprint density at radius 3 is 2.85 bits per heavy atom. The number of para-hydroxylation sites is 1. The van der Waals surface area contributed by atoms with Crippen LogP contribution in [0.4, 0.5) is 0 Å². The Kier molecular flexibility index (Phi) is 2.90. The molecule has 0 aliphatic carbocycles. The molecule has 0 N–H and O–H groups in total. The van der Waals surface area contributed by atoms with Crippen LogP contribution >= 0.6 is 23.1 Å². The van der Waals surface area contributed by atoms with Crippen LogP contribution in [0.2, 0.25) is 0 Å². The summed E-state index contributed by atoms with van der Waals surface area (Å²) in [4.78, 5) is 13.4. The third-order valence-electron chi connectivity index (χ3n) is 2.95. The van der Waals surface area contributed by atoms with Crippen LogP contribution in [0.5, 0.6) is 0 Å². The van der Waals surface area contributed by atoms with E-state index in [-0.39, 0.29) is 0 Å². The first kappa shape index (κ1) is 11.9. The number of nitrogens with zero attached hydrogens (tertiary/aromatic N) is 4. The predicted octanol–water partition coefficient (Wildman–Crippen LogP) is 3.63. The minimum Gasteiger partial charge on any atom is -0.303 e. The van der Waals surface area contributed by atoms with E-state index in [0.29, 0.717) is 0 Å². The van der Waals surface area contributed by atoms with Crippen LogP contribution in [0, 0.1) is 0 Å². The molecule has 0 aliphatic rings. The number of benzene rings is 1. The maximum atomic E-state index is 4.64. The highest BCUT2D eigenvalue weighted by Gasteiger charge is 2.08. The SMILES string of the molecule is c1ccc2sc(CSc3nccn4ccnc34)nc2c1. The summed E-state index contributed by atoms with van der Waals surface area (Å²) in [6.07, 6.45) is 7.43. The number of imidazole rings is 1. The summed E-state index contributed by atoms with van der Waals surface area (Å²) >= 11 is 3.41. The Hall–Kier alpha value is -1.92. The Bertz CT molecular complexity index is 848. The minimum absolute atomic E-state index is 0.818. The predicted molar refractivity (Wildman–Crippen MR) is 82.2 cm³/mol. The van der Waals surface area contributed by atoms with Crippen LogP contribution in [-0.4, -0.2) is 19.4 Å². The monoisotopic (exact) mass is 298 g/mol.